The average Bonchev–Trinajstić information content (AvgIpc) is 3.15. The molecule has 3 aromatic rings. The zero-order chi connectivity index (χ0) is 23.8. The lowest BCUT2D eigenvalue weighted by molar-refractivity contribution is 0.0896. The Hall–Kier alpha value is -2.81. The molecule has 1 N–H and O–H groups in total. The van der Waals surface area contributed by atoms with Crippen LogP contribution in [-0.2, 0) is 16.4 Å². The predicted molar refractivity (Wildman–Crippen MR) is 128 cm³/mol. The summed E-state index contributed by atoms with van der Waals surface area (Å²) >= 11 is 0. The number of carbonyl (C=O) groups is 2. The maximum atomic E-state index is 13.2. The number of nitrogens with zero attached hydrogens (tertiary/aromatic N) is 2. The average molecular weight is 468 g/mol. The quantitative estimate of drug-likeness (QED) is 0.538. The van der Waals surface area contributed by atoms with Gasteiger partial charge in [0.1, 0.15) is 0 Å². The summed E-state index contributed by atoms with van der Waals surface area (Å²) in [4.78, 5) is 30.3. The van der Waals surface area contributed by atoms with E-state index in [1.54, 1.807) is 12.1 Å². The molecule has 0 atom stereocenters. The Bertz CT molecular complexity index is 1320. The van der Waals surface area contributed by atoms with Crippen LogP contribution < -0.4 is 0 Å². The topological polar surface area (TPSA) is 90.6 Å². The number of nitrogens with one attached hydrogen (secondary N) is 1. The molecule has 1 saturated heterocycles. The molecule has 0 unspecified atom stereocenters. The Morgan fingerprint density at radius 2 is 1.67 bits per heavy atom. The number of H-pyrrole nitrogens is 1. The molecule has 0 spiro atoms. The zero-order valence-electron chi connectivity index (χ0n) is 19.2. The minimum Gasteiger partial charge on any atom is -0.355 e. The lowest BCUT2D eigenvalue weighted by Crippen LogP contribution is -2.49. The molecule has 33 heavy (non-hydrogen) atoms. The van der Waals surface area contributed by atoms with E-state index >= 15 is 0 Å². The summed E-state index contributed by atoms with van der Waals surface area (Å²) < 4.78 is 27.8. The van der Waals surface area contributed by atoms with Gasteiger partial charge in [-0.2, -0.15) is 4.31 Å². The number of carbonyl (C=O) groups excluding carboxylic acids is 2. The smallest absolute Gasteiger partial charge is 0.243 e. The Labute approximate surface area is 194 Å². The first-order chi connectivity index (χ1) is 15.7. The molecule has 1 aromatic heterocycles. The summed E-state index contributed by atoms with van der Waals surface area (Å²) in [6.07, 6.45) is 0.595. The fourth-order valence-electron chi connectivity index (χ4n) is 4.63. The van der Waals surface area contributed by atoms with E-state index in [-0.39, 0.29) is 23.0 Å². The van der Waals surface area contributed by atoms with E-state index in [1.807, 2.05) is 49.1 Å². The van der Waals surface area contributed by atoms with E-state index in [9.17, 15) is 18.0 Å². The monoisotopic (exact) mass is 467 g/mol. The van der Waals surface area contributed by atoms with Crippen molar-refractivity contribution in [1.82, 2.24) is 14.2 Å². The van der Waals surface area contributed by atoms with Crippen molar-refractivity contribution in [2.45, 2.75) is 32.1 Å². The Morgan fingerprint density at radius 1 is 1.00 bits per heavy atom. The summed E-state index contributed by atoms with van der Waals surface area (Å²) in [5.41, 5.74) is 2.58. The highest BCUT2D eigenvalue weighted by molar-refractivity contribution is 7.89. The Balaban J connectivity index is 1.44. The van der Waals surface area contributed by atoms with E-state index < -0.39 is 10.0 Å². The van der Waals surface area contributed by atoms with Crippen LogP contribution in [0.5, 0.6) is 0 Å². The summed E-state index contributed by atoms with van der Waals surface area (Å²) in [5.74, 6) is -0.125. The SMILES string of the molecule is CCc1c(C(=O)CN2CCN(S(=O)(=O)c3ccc4ccccc4c3)CC2)[nH]c(C)c1C(C)=O. The number of aromatic amines is 1. The fourth-order valence-corrected chi connectivity index (χ4v) is 6.09. The van der Waals surface area contributed by atoms with Gasteiger partial charge in [0.25, 0.3) is 0 Å². The van der Waals surface area contributed by atoms with Gasteiger partial charge in [0.15, 0.2) is 11.6 Å². The van der Waals surface area contributed by atoms with Crippen LogP contribution in [0.15, 0.2) is 47.4 Å². The molecule has 1 aliphatic heterocycles. The van der Waals surface area contributed by atoms with E-state index in [2.05, 4.69) is 4.98 Å². The zero-order valence-corrected chi connectivity index (χ0v) is 20.0. The first-order valence-electron chi connectivity index (χ1n) is 11.2. The molecular formula is C25H29N3O4S. The molecule has 0 bridgehead atoms. The number of Topliss-reactive ketones (excluding diaryl/α,β-unsaturated/α-hetero) is 2. The molecule has 1 fully saturated rings. The van der Waals surface area contributed by atoms with Gasteiger partial charge in [0.2, 0.25) is 10.0 Å². The summed E-state index contributed by atoms with van der Waals surface area (Å²) in [7, 11) is -3.60. The predicted octanol–water partition coefficient (Wildman–Crippen LogP) is 3.43. The molecule has 174 valence electrons. The van der Waals surface area contributed by atoms with E-state index in [0.29, 0.717) is 49.6 Å². The van der Waals surface area contributed by atoms with Crippen LogP contribution in [0.3, 0.4) is 0 Å². The van der Waals surface area contributed by atoms with Crippen LogP contribution in [0.4, 0.5) is 0 Å². The van der Waals surface area contributed by atoms with Crippen molar-refractivity contribution in [3.8, 4) is 0 Å². The lowest BCUT2D eigenvalue weighted by atomic mass is 10.0. The number of aromatic nitrogens is 1. The third-order valence-corrected chi connectivity index (χ3v) is 8.23. The van der Waals surface area contributed by atoms with Gasteiger partial charge in [-0.25, -0.2) is 8.42 Å². The molecule has 4 rings (SSSR count). The second kappa shape index (κ2) is 9.21. The molecule has 7 nitrogen and oxygen atoms in total. The maximum absolute atomic E-state index is 13.2. The number of ketones is 2. The molecule has 0 aliphatic carbocycles. The van der Waals surface area contributed by atoms with Crippen LogP contribution in [0.1, 0.15) is 46.0 Å². The highest BCUT2D eigenvalue weighted by Gasteiger charge is 2.30. The number of piperazine rings is 1. The fraction of sp³-hybridized carbons (Fsp3) is 0.360. The number of benzene rings is 2. The second-order valence-electron chi connectivity index (χ2n) is 8.50. The van der Waals surface area contributed by atoms with Crippen molar-refractivity contribution >= 4 is 32.4 Å². The second-order valence-corrected chi connectivity index (χ2v) is 10.4. The van der Waals surface area contributed by atoms with Crippen LogP contribution in [-0.4, -0.2) is 66.9 Å². The van der Waals surface area contributed by atoms with E-state index in [0.717, 1.165) is 16.3 Å². The maximum Gasteiger partial charge on any atom is 0.243 e. The largest absolute Gasteiger partial charge is 0.355 e. The van der Waals surface area contributed by atoms with Crippen LogP contribution in [0, 0.1) is 6.92 Å². The minimum absolute atomic E-state index is 0.0489. The minimum atomic E-state index is -3.60. The molecule has 2 heterocycles. The van der Waals surface area contributed by atoms with Gasteiger partial charge in [-0.3, -0.25) is 14.5 Å². The van der Waals surface area contributed by atoms with E-state index in [4.69, 9.17) is 0 Å². The molecule has 2 aromatic carbocycles. The van der Waals surface area contributed by atoms with Crippen LogP contribution >= 0.6 is 0 Å². The van der Waals surface area contributed by atoms with Crippen molar-refractivity contribution in [2.75, 3.05) is 32.7 Å². The van der Waals surface area contributed by atoms with Crippen molar-refractivity contribution in [3.05, 3.63) is 65.0 Å². The first kappa shape index (κ1) is 23.4. The third-order valence-electron chi connectivity index (χ3n) is 6.33. The highest BCUT2D eigenvalue weighted by atomic mass is 32.2. The number of hydrogen-bond donors (Lipinski definition) is 1. The third kappa shape index (κ3) is 4.51. The molecule has 8 heteroatoms. The molecule has 0 amide bonds. The van der Waals surface area contributed by atoms with Gasteiger partial charge in [0.05, 0.1) is 17.1 Å². The van der Waals surface area contributed by atoms with Gasteiger partial charge in [-0.15, -0.1) is 0 Å². The van der Waals surface area contributed by atoms with Gasteiger partial charge >= 0.3 is 0 Å². The number of rotatable bonds is 7. The molecule has 0 radical (unpaired) electrons. The van der Waals surface area contributed by atoms with Crippen molar-refractivity contribution < 1.29 is 18.0 Å². The summed E-state index contributed by atoms with van der Waals surface area (Å²) in [6.45, 7) is 7.04. The van der Waals surface area contributed by atoms with Crippen molar-refractivity contribution in [3.63, 3.8) is 0 Å². The molecular weight excluding hydrogens is 438 g/mol. The Kier molecular flexibility index (Phi) is 6.52. The number of sulfonamides is 1. The first-order valence-corrected chi connectivity index (χ1v) is 12.6. The van der Waals surface area contributed by atoms with Gasteiger partial charge in [0, 0.05) is 37.4 Å². The standard InChI is InChI=1S/C25H29N3O4S/c1-4-22-24(18(3)29)17(2)26-25(22)23(30)16-27-11-13-28(14-12-27)33(31,32)21-10-9-19-7-5-6-8-20(19)15-21/h5-10,15,26H,4,11-14,16H2,1-3H3. The summed E-state index contributed by atoms with van der Waals surface area (Å²) in [5, 5.41) is 1.89. The normalized spacial score (nSPS) is 15.7. The van der Waals surface area contributed by atoms with Crippen LogP contribution in [0.25, 0.3) is 10.8 Å². The van der Waals surface area contributed by atoms with E-state index in [1.165, 1.54) is 11.2 Å². The highest BCUT2D eigenvalue weighted by Crippen LogP contribution is 2.24. The van der Waals surface area contributed by atoms with Crippen LogP contribution in [0.2, 0.25) is 0 Å². The lowest BCUT2D eigenvalue weighted by Gasteiger charge is -2.33. The number of fused-ring (bicyclic) bond motifs is 1. The molecule has 1 aliphatic rings. The van der Waals surface area contributed by atoms with Gasteiger partial charge < -0.3 is 4.98 Å². The summed E-state index contributed by atoms with van der Waals surface area (Å²) in [6, 6.07) is 12.9. The Morgan fingerprint density at radius 3 is 2.30 bits per heavy atom. The van der Waals surface area contributed by atoms with Gasteiger partial charge in [-0.1, -0.05) is 37.3 Å². The van der Waals surface area contributed by atoms with Crippen molar-refractivity contribution in [1.29, 1.82) is 0 Å². The molecule has 0 saturated carbocycles. The number of aryl methyl sites for hydroxylation is 1. The number of hydrogen-bond acceptors (Lipinski definition) is 5. The van der Waals surface area contributed by atoms with Crippen molar-refractivity contribution in [2.24, 2.45) is 0 Å². The van der Waals surface area contributed by atoms with Gasteiger partial charge in [-0.05, 0) is 48.7 Å².